The minimum absolute atomic E-state index is 0.0859. The number of anilines is 1. The van der Waals surface area contributed by atoms with Gasteiger partial charge >= 0.3 is 5.97 Å². The molecule has 2 N–H and O–H groups in total. The van der Waals surface area contributed by atoms with Crippen LogP contribution in [0.25, 0.3) is 6.08 Å². The fraction of sp³-hybridized carbons (Fsp3) is 0.0556. The number of carbonyl (C=O) groups excluding carboxylic acids is 1. The van der Waals surface area contributed by atoms with Gasteiger partial charge in [-0.3, -0.25) is 14.9 Å². The Morgan fingerprint density at radius 2 is 2.07 bits per heavy atom. The molecule has 142 valence electrons. The van der Waals surface area contributed by atoms with E-state index in [-0.39, 0.29) is 27.7 Å². The van der Waals surface area contributed by atoms with Crippen molar-refractivity contribution in [3.8, 4) is 11.8 Å². The lowest BCUT2D eigenvalue weighted by molar-refractivity contribution is -0.384. The first-order valence-corrected chi connectivity index (χ1v) is 7.99. The number of nitrogens with zero attached hydrogens (tertiary/aromatic N) is 2. The number of rotatable bonds is 7. The van der Waals surface area contributed by atoms with Gasteiger partial charge in [0.1, 0.15) is 22.4 Å². The molecule has 10 heteroatoms. The predicted molar refractivity (Wildman–Crippen MR) is 99.9 cm³/mol. The van der Waals surface area contributed by atoms with Crippen LogP contribution in [0, 0.1) is 21.4 Å². The number of aliphatic carboxylic acids is 1. The minimum Gasteiger partial charge on any atom is -0.482 e. The molecule has 0 saturated heterocycles. The van der Waals surface area contributed by atoms with E-state index >= 15 is 0 Å². The summed E-state index contributed by atoms with van der Waals surface area (Å²) in [4.78, 5) is 33.1. The van der Waals surface area contributed by atoms with E-state index in [0.717, 1.165) is 6.07 Å². The third-order valence-electron chi connectivity index (χ3n) is 3.30. The number of amides is 1. The molecule has 0 aliphatic rings. The SMILES string of the molecule is N#C/C(=C\c1cccc(OCC(=O)O)c1)C(=O)Nc1ccc(Cl)c([N+](=O)[O-])c1. The van der Waals surface area contributed by atoms with Gasteiger partial charge in [0.15, 0.2) is 6.61 Å². The molecule has 0 spiro atoms. The molecule has 9 nitrogen and oxygen atoms in total. The van der Waals surface area contributed by atoms with E-state index in [2.05, 4.69) is 5.32 Å². The van der Waals surface area contributed by atoms with Crippen molar-refractivity contribution in [3.63, 3.8) is 0 Å². The van der Waals surface area contributed by atoms with Crippen LogP contribution in [0.2, 0.25) is 5.02 Å². The summed E-state index contributed by atoms with van der Waals surface area (Å²) in [5, 5.41) is 31.1. The van der Waals surface area contributed by atoms with Crippen LogP contribution >= 0.6 is 11.6 Å². The lowest BCUT2D eigenvalue weighted by atomic mass is 10.1. The molecule has 2 aromatic carbocycles. The molecule has 0 aliphatic heterocycles. The highest BCUT2D eigenvalue weighted by Gasteiger charge is 2.15. The zero-order chi connectivity index (χ0) is 20.7. The van der Waals surface area contributed by atoms with Crippen molar-refractivity contribution in [3.05, 3.63) is 68.7 Å². The van der Waals surface area contributed by atoms with E-state index in [1.54, 1.807) is 18.2 Å². The summed E-state index contributed by atoms with van der Waals surface area (Å²) in [7, 11) is 0. The molecular formula is C18H12ClN3O6. The Labute approximate surface area is 163 Å². The third kappa shape index (κ3) is 5.55. The number of carboxylic acid groups (broad SMARTS) is 1. The van der Waals surface area contributed by atoms with Crippen molar-refractivity contribution in [1.82, 2.24) is 0 Å². The highest BCUT2D eigenvalue weighted by molar-refractivity contribution is 6.32. The Bertz CT molecular complexity index is 1010. The van der Waals surface area contributed by atoms with Gasteiger partial charge in [0.2, 0.25) is 0 Å². The van der Waals surface area contributed by atoms with Gasteiger partial charge in [-0.2, -0.15) is 5.26 Å². The normalized spacial score (nSPS) is 10.6. The van der Waals surface area contributed by atoms with Crippen LogP contribution in [-0.4, -0.2) is 28.5 Å². The van der Waals surface area contributed by atoms with Gasteiger partial charge in [-0.1, -0.05) is 23.7 Å². The fourth-order valence-corrected chi connectivity index (χ4v) is 2.27. The summed E-state index contributed by atoms with van der Waals surface area (Å²) >= 11 is 5.72. The maximum absolute atomic E-state index is 12.3. The van der Waals surface area contributed by atoms with Crippen LogP contribution in [0.15, 0.2) is 48.0 Å². The first-order chi connectivity index (χ1) is 13.3. The molecule has 0 bridgehead atoms. The summed E-state index contributed by atoms with van der Waals surface area (Å²) in [5.74, 6) is -1.67. The Balaban J connectivity index is 2.21. The predicted octanol–water partition coefficient (Wildman–Crippen LogP) is 3.26. The van der Waals surface area contributed by atoms with Gasteiger partial charge in [0.05, 0.1) is 4.92 Å². The van der Waals surface area contributed by atoms with Crippen LogP contribution < -0.4 is 10.1 Å². The summed E-state index contributed by atoms with van der Waals surface area (Å²) in [6, 6.07) is 11.6. The Hall–Kier alpha value is -3.90. The maximum Gasteiger partial charge on any atom is 0.341 e. The second kappa shape index (κ2) is 9.16. The molecule has 0 aliphatic carbocycles. The summed E-state index contributed by atoms with van der Waals surface area (Å²) in [6.45, 7) is -0.534. The second-order valence-electron chi connectivity index (χ2n) is 5.30. The number of nitrogens with one attached hydrogen (secondary N) is 1. The minimum atomic E-state index is -1.14. The maximum atomic E-state index is 12.3. The molecule has 0 atom stereocenters. The number of benzene rings is 2. The van der Waals surface area contributed by atoms with Crippen LogP contribution in [0.4, 0.5) is 11.4 Å². The molecule has 0 saturated carbocycles. The van der Waals surface area contributed by atoms with Crippen molar-refractivity contribution in [1.29, 1.82) is 5.26 Å². The molecule has 0 fully saturated rings. The van der Waals surface area contributed by atoms with Gasteiger partial charge in [0, 0.05) is 11.8 Å². The van der Waals surface area contributed by atoms with Crippen molar-refractivity contribution >= 4 is 40.9 Å². The summed E-state index contributed by atoms with van der Waals surface area (Å²) in [5.41, 5.74) is -0.129. The largest absolute Gasteiger partial charge is 0.482 e. The Morgan fingerprint density at radius 3 is 2.71 bits per heavy atom. The van der Waals surface area contributed by atoms with E-state index in [1.807, 2.05) is 0 Å². The van der Waals surface area contributed by atoms with Crippen LogP contribution in [0.3, 0.4) is 0 Å². The van der Waals surface area contributed by atoms with Crippen molar-refractivity contribution < 1.29 is 24.4 Å². The zero-order valence-corrected chi connectivity index (χ0v) is 14.8. The lowest BCUT2D eigenvalue weighted by Crippen LogP contribution is -2.13. The molecular weight excluding hydrogens is 390 g/mol. The van der Waals surface area contributed by atoms with Crippen LogP contribution in [0.1, 0.15) is 5.56 Å². The number of hydrogen-bond acceptors (Lipinski definition) is 6. The second-order valence-corrected chi connectivity index (χ2v) is 5.71. The highest BCUT2D eigenvalue weighted by atomic mass is 35.5. The summed E-state index contributed by atoms with van der Waals surface area (Å²) in [6.07, 6.45) is 1.27. The smallest absolute Gasteiger partial charge is 0.341 e. The Morgan fingerprint density at radius 1 is 1.32 bits per heavy atom. The average molecular weight is 402 g/mol. The highest BCUT2D eigenvalue weighted by Crippen LogP contribution is 2.27. The number of carbonyl (C=O) groups is 2. The first kappa shape index (κ1) is 20.4. The first-order valence-electron chi connectivity index (χ1n) is 7.62. The van der Waals surface area contributed by atoms with Crippen LogP contribution in [0.5, 0.6) is 5.75 Å². The third-order valence-corrected chi connectivity index (χ3v) is 3.62. The van der Waals surface area contributed by atoms with E-state index in [1.165, 1.54) is 30.3 Å². The summed E-state index contributed by atoms with van der Waals surface area (Å²) < 4.78 is 5.04. The van der Waals surface area contributed by atoms with E-state index in [9.17, 15) is 25.0 Å². The van der Waals surface area contributed by atoms with Gasteiger partial charge in [-0.15, -0.1) is 0 Å². The molecule has 0 unspecified atom stereocenters. The number of carboxylic acids is 1. The molecule has 0 radical (unpaired) electrons. The lowest BCUT2D eigenvalue weighted by Gasteiger charge is -2.06. The number of ether oxygens (including phenoxy) is 1. The number of hydrogen-bond donors (Lipinski definition) is 2. The quantitative estimate of drug-likeness (QED) is 0.313. The number of halogens is 1. The fourth-order valence-electron chi connectivity index (χ4n) is 2.08. The molecule has 0 heterocycles. The molecule has 2 rings (SSSR count). The molecule has 1 amide bonds. The van der Waals surface area contributed by atoms with Gasteiger partial charge in [0.25, 0.3) is 11.6 Å². The monoisotopic (exact) mass is 401 g/mol. The topological polar surface area (TPSA) is 143 Å². The molecule has 2 aromatic rings. The van der Waals surface area contributed by atoms with E-state index in [0.29, 0.717) is 5.56 Å². The molecule has 0 aromatic heterocycles. The van der Waals surface area contributed by atoms with Gasteiger partial charge in [-0.05, 0) is 35.9 Å². The average Bonchev–Trinajstić information content (AvgIpc) is 2.66. The van der Waals surface area contributed by atoms with Gasteiger partial charge < -0.3 is 15.2 Å². The van der Waals surface area contributed by atoms with Crippen molar-refractivity contribution in [2.45, 2.75) is 0 Å². The van der Waals surface area contributed by atoms with Crippen molar-refractivity contribution in [2.24, 2.45) is 0 Å². The van der Waals surface area contributed by atoms with Gasteiger partial charge in [-0.25, -0.2) is 4.79 Å². The zero-order valence-electron chi connectivity index (χ0n) is 14.1. The van der Waals surface area contributed by atoms with Crippen LogP contribution in [-0.2, 0) is 9.59 Å². The number of nitriles is 1. The van der Waals surface area contributed by atoms with Crippen molar-refractivity contribution in [2.75, 3.05) is 11.9 Å². The van der Waals surface area contributed by atoms with E-state index in [4.69, 9.17) is 21.4 Å². The molecule has 28 heavy (non-hydrogen) atoms. The number of nitro benzene ring substituents is 1. The van der Waals surface area contributed by atoms with E-state index < -0.39 is 23.4 Å². The standard InChI is InChI=1S/C18H12ClN3O6/c19-15-5-4-13(8-16(15)22(26)27)21-18(25)12(9-20)6-11-2-1-3-14(7-11)28-10-17(23)24/h1-8H,10H2,(H,21,25)(H,23,24)/b12-6+. The Kier molecular flexibility index (Phi) is 6.68. The number of nitro groups is 1.